The van der Waals surface area contributed by atoms with E-state index in [1.54, 1.807) is 25.3 Å². The lowest BCUT2D eigenvalue weighted by atomic mass is 10.1. The second-order valence-electron chi connectivity index (χ2n) is 13.6. The molecule has 0 spiro atoms. The van der Waals surface area contributed by atoms with Gasteiger partial charge in [-0.1, -0.05) is 153 Å². The molecule has 8 aromatic rings. The number of phenolic OH excluding ortho intramolecular Hbond substituents is 1. The van der Waals surface area contributed by atoms with Crippen molar-refractivity contribution in [3.63, 3.8) is 0 Å². The Hall–Kier alpha value is -7.30. The van der Waals surface area contributed by atoms with Gasteiger partial charge in [-0.2, -0.15) is 0 Å². The van der Waals surface area contributed by atoms with E-state index in [1.807, 2.05) is 146 Å². The monoisotopic (exact) mass is 780 g/mol. The van der Waals surface area contributed by atoms with Crippen LogP contribution in [0.4, 0.5) is 0 Å². The summed E-state index contributed by atoms with van der Waals surface area (Å²) in [5.74, 6) is 4.52. The van der Waals surface area contributed by atoms with Crippen LogP contribution in [0.3, 0.4) is 0 Å². The van der Waals surface area contributed by atoms with Gasteiger partial charge in [0.2, 0.25) is 0 Å². The normalized spacial score (nSPS) is 11.2. The lowest BCUT2D eigenvalue weighted by molar-refractivity contribution is 0.0982. The largest absolute Gasteiger partial charge is 0.507 e. The summed E-state index contributed by atoms with van der Waals surface area (Å²) in [4.78, 5) is 28.1. The van der Waals surface area contributed by atoms with E-state index in [4.69, 9.17) is 24.4 Å². The molecule has 10 nitrogen and oxygen atoms in total. The lowest BCUT2D eigenvalue weighted by Crippen LogP contribution is -2.17. The van der Waals surface area contributed by atoms with Crippen molar-refractivity contribution in [1.82, 2.24) is 29.9 Å². The first-order chi connectivity index (χ1) is 29.0. The van der Waals surface area contributed by atoms with Gasteiger partial charge in [0.25, 0.3) is 0 Å². The molecule has 1 unspecified atom stereocenters. The molecule has 59 heavy (non-hydrogen) atoms. The van der Waals surface area contributed by atoms with Gasteiger partial charge in [0.05, 0.1) is 24.3 Å². The van der Waals surface area contributed by atoms with Gasteiger partial charge in [0, 0.05) is 28.3 Å². The smallest absolute Gasteiger partial charge is 0.167 e. The molecule has 1 atom stereocenters. The number of nitrogens with zero attached hydrogens (tertiary/aromatic N) is 6. The molecule has 294 valence electrons. The van der Waals surface area contributed by atoms with Gasteiger partial charge in [0.15, 0.2) is 34.9 Å². The molecule has 2 N–H and O–H groups in total. The second kappa shape index (κ2) is 19.7. The number of unbranched alkanes of at least 4 members (excludes halogenated alkanes) is 1. The summed E-state index contributed by atoms with van der Waals surface area (Å²) in [6.07, 6.45) is 2.24. The molecule has 0 saturated carbocycles. The Morgan fingerprint density at radius 1 is 0.492 bits per heavy atom. The van der Waals surface area contributed by atoms with E-state index in [2.05, 4.69) is 21.9 Å². The molecule has 2 heterocycles. The number of aliphatic hydroxyl groups excluding tert-OH is 1. The number of aliphatic hydroxyl groups is 1. The highest BCUT2D eigenvalue weighted by Crippen LogP contribution is 2.33. The number of aromatic nitrogens is 6. The highest BCUT2D eigenvalue weighted by atomic mass is 16.5. The molecule has 0 fully saturated rings. The SMILES string of the molecule is CCCCC(O)COc1ccccc1-c1nc(-c2ccccc2)nc(-c2ccccc2)n1.COc1ccc(-c2nc(-c3ccccc3)nc(-c3ccccc3)n2)c(O)c1. The highest BCUT2D eigenvalue weighted by molar-refractivity contribution is 5.71. The molecule has 6 aromatic carbocycles. The summed E-state index contributed by atoms with van der Waals surface area (Å²) in [7, 11) is 1.55. The van der Waals surface area contributed by atoms with E-state index in [0.717, 1.165) is 47.1 Å². The predicted molar refractivity (Wildman–Crippen MR) is 232 cm³/mol. The minimum absolute atomic E-state index is 0.0542. The van der Waals surface area contributed by atoms with Crippen molar-refractivity contribution in [3.05, 3.63) is 164 Å². The Morgan fingerprint density at radius 2 is 0.898 bits per heavy atom. The van der Waals surface area contributed by atoms with Gasteiger partial charge in [-0.3, -0.25) is 0 Å². The summed E-state index contributed by atoms with van der Waals surface area (Å²) >= 11 is 0. The fraction of sp³-hybridized carbons (Fsp3) is 0.143. The van der Waals surface area contributed by atoms with Gasteiger partial charge >= 0.3 is 0 Å². The van der Waals surface area contributed by atoms with Crippen LogP contribution < -0.4 is 9.47 Å². The Bertz CT molecular complexity index is 2450. The maximum Gasteiger partial charge on any atom is 0.167 e. The predicted octanol–water partition coefficient (Wildman–Crippen LogP) is 10.4. The Morgan fingerprint density at radius 3 is 1.32 bits per heavy atom. The first kappa shape index (κ1) is 39.9. The van der Waals surface area contributed by atoms with Crippen LogP contribution in [0.1, 0.15) is 26.2 Å². The maximum absolute atomic E-state index is 10.4. The molecule has 0 aliphatic rings. The molecule has 0 saturated heterocycles. The van der Waals surface area contributed by atoms with Crippen molar-refractivity contribution in [3.8, 4) is 85.6 Å². The fourth-order valence-electron chi connectivity index (χ4n) is 6.17. The van der Waals surface area contributed by atoms with Crippen LogP contribution in [0.5, 0.6) is 17.2 Å². The zero-order valence-corrected chi connectivity index (χ0v) is 32.9. The van der Waals surface area contributed by atoms with E-state index in [-0.39, 0.29) is 12.4 Å². The van der Waals surface area contributed by atoms with Crippen molar-refractivity contribution >= 4 is 0 Å². The van der Waals surface area contributed by atoms with Gasteiger partial charge in [0.1, 0.15) is 23.9 Å². The maximum atomic E-state index is 10.4. The van der Waals surface area contributed by atoms with Crippen LogP contribution in [0.15, 0.2) is 164 Å². The van der Waals surface area contributed by atoms with Crippen LogP contribution in [0.2, 0.25) is 0 Å². The van der Waals surface area contributed by atoms with Crippen molar-refractivity contribution < 1.29 is 19.7 Å². The lowest BCUT2D eigenvalue weighted by Gasteiger charge is -2.15. The topological polar surface area (TPSA) is 136 Å². The van der Waals surface area contributed by atoms with Crippen molar-refractivity contribution in [2.75, 3.05) is 13.7 Å². The summed E-state index contributed by atoms with van der Waals surface area (Å²) in [5, 5.41) is 20.6. The molecule has 0 radical (unpaired) electrons. The number of para-hydroxylation sites is 1. The minimum Gasteiger partial charge on any atom is -0.507 e. The van der Waals surface area contributed by atoms with E-state index in [1.165, 1.54) is 0 Å². The Balaban J connectivity index is 0.000000181. The number of rotatable bonds is 13. The van der Waals surface area contributed by atoms with Crippen LogP contribution in [0, 0.1) is 0 Å². The molecule has 2 aromatic heterocycles. The number of aromatic hydroxyl groups is 1. The fourth-order valence-corrected chi connectivity index (χ4v) is 6.17. The Labute approximate surface area is 344 Å². The number of phenols is 1. The first-order valence-electron chi connectivity index (χ1n) is 19.5. The van der Waals surface area contributed by atoms with Crippen LogP contribution in [0.25, 0.3) is 68.3 Å². The third-order valence-electron chi connectivity index (χ3n) is 9.29. The van der Waals surface area contributed by atoms with Crippen molar-refractivity contribution in [2.24, 2.45) is 0 Å². The average Bonchev–Trinajstić information content (AvgIpc) is 3.31. The third kappa shape index (κ3) is 10.4. The summed E-state index contributed by atoms with van der Waals surface area (Å²) < 4.78 is 11.1. The van der Waals surface area contributed by atoms with Gasteiger partial charge in [-0.25, -0.2) is 29.9 Å². The zero-order valence-electron chi connectivity index (χ0n) is 32.9. The molecular weight excluding hydrogens is 737 g/mol. The number of methoxy groups -OCH3 is 1. The van der Waals surface area contributed by atoms with Crippen molar-refractivity contribution in [1.29, 1.82) is 0 Å². The summed E-state index contributed by atoms with van der Waals surface area (Å²) in [6.45, 7) is 2.34. The molecule has 0 amide bonds. The van der Waals surface area contributed by atoms with E-state index >= 15 is 0 Å². The number of hydrogen-bond acceptors (Lipinski definition) is 10. The molecule has 0 bridgehead atoms. The quantitative estimate of drug-likeness (QED) is 0.116. The minimum atomic E-state index is -0.499. The number of hydrogen-bond donors (Lipinski definition) is 2. The average molecular weight is 781 g/mol. The summed E-state index contributed by atoms with van der Waals surface area (Å²) in [6, 6.07) is 51.9. The van der Waals surface area contributed by atoms with E-state index < -0.39 is 6.10 Å². The number of ether oxygens (including phenoxy) is 2. The van der Waals surface area contributed by atoms with E-state index in [9.17, 15) is 10.2 Å². The van der Waals surface area contributed by atoms with Gasteiger partial charge in [-0.05, 0) is 30.7 Å². The van der Waals surface area contributed by atoms with Crippen molar-refractivity contribution in [2.45, 2.75) is 32.3 Å². The van der Waals surface area contributed by atoms with Gasteiger partial charge in [-0.15, -0.1) is 0 Å². The van der Waals surface area contributed by atoms with Crippen LogP contribution in [-0.2, 0) is 0 Å². The van der Waals surface area contributed by atoms with Crippen LogP contribution in [-0.4, -0.2) is 59.9 Å². The molecule has 10 heteroatoms. The number of benzene rings is 6. The zero-order chi connectivity index (χ0) is 40.8. The Kier molecular flexibility index (Phi) is 13.3. The first-order valence-corrected chi connectivity index (χ1v) is 19.5. The molecule has 8 rings (SSSR count). The van der Waals surface area contributed by atoms with Gasteiger partial charge < -0.3 is 19.7 Å². The standard InChI is InChI=1S/C27H27N3O2.C22H17N3O2/c1-2-3-16-22(31)19-32-24-18-11-10-17-23(24)27-29-25(20-12-6-4-7-13-20)28-26(30-27)21-14-8-5-9-15-21;1-27-17-12-13-18(19(26)14-17)22-24-20(15-8-4-2-5-9-15)23-21(25-22)16-10-6-3-7-11-16/h4-15,17-18,22,31H,2-3,16,19H2,1H3;2-14,26H,1H3. The highest BCUT2D eigenvalue weighted by Gasteiger charge is 2.17. The van der Waals surface area contributed by atoms with Crippen LogP contribution >= 0.6 is 0 Å². The summed E-state index contributed by atoms with van der Waals surface area (Å²) in [5.41, 5.74) is 4.89. The third-order valence-corrected chi connectivity index (χ3v) is 9.29. The second-order valence-corrected chi connectivity index (χ2v) is 13.6. The molecule has 0 aliphatic heterocycles. The van der Waals surface area contributed by atoms with E-state index in [0.29, 0.717) is 52.0 Å². The molecular formula is C49H44N6O4. The molecule has 0 aliphatic carbocycles.